The first-order valence-corrected chi connectivity index (χ1v) is 3.84. The van der Waals surface area contributed by atoms with Gasteiger partial charge in [0.25, 0.3) is 0 Å². The van der Waals surface area contributed by atoms with Crippen molar-refractivity contribution in [3.8, 4) is 0 Å². The van der Waals surface area contributed by atoms with Crippen molar-refractivity contribution in [3.05, 3.63) is 36.4 Å². The Kier molecular flexibility index (Phi) is 3.32. The Morgan fingerprint density at radius 2 is 2.55 bits per heavy atom. The van der Waals surface area contributed by atoms with Crippen molar-refractivity contribution in [3.63, 3.8) is 0 Å². The second kappa shape index (κ2) is 4.61. The van der Waals surface area contributed by atoms with E-state index in [4.69, 9.17) is 4.42 Å². The molecule has 0 fully saturated rings. The Balaban J connectivity index is 2.19. The molecule has 60 valence electrons. The lowest BCUT2D eigenvalue weighted by Gasteiger charge is -1.94. The van der Waals surface area contributed by atoms with E-state index in [2.05, 4.69) is 18.3 Å². The zero-order valence-corrected chi connectivity index (χ0v) is 6.71. The number of hydrogen-bond acceptors (Lipinski definition) is 2. The third-order valence-electron chi connectivity index (χ3n) is 1.33. The van der Waals surface area contributed by atoms with Gasteiger partial charge in [-0.05, 0) is 24.8 Å². The molecule has 0 aliphatic carbocycles. The Morgan fingerprint density at radius 3 is 3.18 bits per heavy atom. The van der Waals surface area contributed by atoms with Gasteiger partial charge in [0.1, 0.15) is 5.76 Å². The van der Waals surface area contributed by atoms with Crippen molar-refractivity contribution in [2.45, 2.75) is 19.9 Å². The second-order valence-electron chi connectivity index (χ2n) is 2.27. The van der Waals surface area contributed by atoms with Gasteiger partial charge in [0, 0.05) is 0 Å². The van der Waals surface area contributed by atoms with Crippen molar-refractivity contribution in [2.24, 2.45) is 0 Å². The summed E-state index contributed by atoms with van der Waals surface area (Å²) in [5, 5.41) is 3.11. The Bertz CT molecular complexity index is 201. The van der Waals surface area contributed by atoms with E-state index < -0.39 is 0 Å². The molecule has 0 spiro atoms. The molecule has 0 bridgehead atoms. The summed E-state index contributed by atoms with van der Waals surface area (Å²) in [6.07, 6.45) is 6.76. The summed E-state index contributed by atoms with van der Waals surface area (Å²) >= 11 is 0. The number of furan rings is 1. The summed E-state index contributed by atoms with van der Waals surface area (Å²) in [5.41, 5.74) is 0. The minimum Gasteiger partial charge on any atom is -0.467 e. The van der Waals surface area contributed by atoms with Crippen LogP contribution in [-0.2, 0) is 6.54 Å². The monoisotopic (exact) mass is 151 g/mol. The van der Waals surface area contributed by atoms with Gasteiger partial charge in [0.05, 0.1) is 12.8 Å². The average Bonchev–Trinajstić information content (AvgIpc) is 2.50. The number of hydrogen-bond donors (Lipinski definition) is 1. The van der Waals surface area contributed by atoms with Crippen LogP contribution in [0.25, 0.3) is 0 Å². The highest BCUT2D eigenvalue weighted by atomic mass is 16.3. The average molecular weight is 151 g/mol. The second-order valence-corrected chi connectivity index (χ2v) is 2.27. The Morgan fingerprint density at radius 1 is 1.64 bits per heavy atom. The smallest absolute Gasteiger partial charge is 0.122 e. The molecule has 1 rings (SSSR count). The van der Waals surface area contributed by atoms with Crippen molar-refractivity contribution < 1.29 is 4.42 Å². The largest absolute Gasteiger partial charge is 0.467 e. The fourth-order valence-corrected chi connectivity index (χ4v) is 0.774. The molecule has 1 heterocycles. The molecule has 0 aliphatic rings. The van der Waals surface area contributed by atoms with E-state index in [9.17, 15) is 0 Å². The molecule has 0 aliphatic heterocycles. The first-order valence-electron chi connectivity index (χ1n) is 3.84. The van der Waals surface area contributed by atoms with Crippen LogP contribution in [-0.4, -0.2) is 0 Å². The highest BCUT2D eigenvalue weighted by Gasteiger charge is 1.89. The lowest BCUT2D eigenvalue weighted by Crippen LogP contribution is -2.02. The molecule has 1 aromatic rings. The van der Waals surface area contributed by atoms with E-state index in [-0.39, 0.29) is 0 Å². The summed E-state index contributed by atoms with van der Waals surface area (Å²) in [6, 6.07) is 3.84. The van der Waals surface area contributed by atoms with E-state index in [0.717, 1.165) is 18.7 Å². The molecule has 2 nitrogen and oxygen atoms in total. The zero-order valence-electron chi connectivity index (χ0n) is 6.71. The van der Waals surface area contributed by atoms with Gasteiger partial charge in [0.2, 0.25) is 0 Å². The summed E-state index contributed by atoms with van der Waals surface area (Å²) < 4.78 is 5.12. The topological polar surface area (TPSA) is 25.2 Å². The molecular weight excluding hydrogens is 138 g/mol. The quantitative estimate of drug-likeness (QED) is 0.714. The maximum absolute atomic E-state index is 5.12. The summed E-state index contributed by atoms with van der Waals surface area (Å²) in [6.45, 7) is 2.87. The van der Waals surface area contributed by atoms with Gasteiger partial charge in [-0.15, -0.1) is 0 Å². The lowest BCUT2D eigenvalue weighted by atomic mass is 10.4. The van der Waals surface area contributed by atoms with Crippen LogP contribution >= 0.6 is 0 Å². The van der Waals surface area contributed by atoms with Crippen LogP contribution in [0.1, 0.15) is 19.1 Å². The molecule has 0 radical (unpaired) electrons. The summed E-state index contributed by atoms with van der Waals surface area (Å²) in [4.78, 5) is 0. The van der Waals surface area contributed by atoms with Gasteiger partial charge >= 0.3 is 0 Å². The number of rotatable bonds is 4. The van der Waals surface area contributed by atoms with Crippen LogP contribution < -0.4 is 5.32 Å². The fraction of sp³-hybridized carbons (Fsp3) is 0.333. The van der Waals surface area contributed by atoms with Gasteiger partial charge in [-0.3, -0.25) is 0 Å². The van der Waals surface area contributed by atoms with Gasteiger partial charge in [0.15, 0.2) is 0 Å². The maximum atomic E-state index is 5.12. The predicted octanol–water partition coefficient (Wildman–Crippen LogP) is 2.29. The Hall–Kier alpha value is -1.18. The third-order valence-corrected chi connectivity index (χ3v) is 1.33. The zero-order chi connectivity index (χ0) is 7.94. The normalized spacial score (nSPS) is 10.6. The highest BCUT2D eigenvalue weighted by Crippen LogP contribution is 1.97. The molecule has 2 heteroatoms. The first kappa shape index (κ1) is 7.92. The van der Waals surface area contributed by atoms with Gasteiger partial charge < -0.3 is 9.73 Å². The predicted molar refractivity (Wildman–Crippen MR) is 45.0 cm³/mol. The third kappa shape index (κ3) is 2.94. The van der Waals surface area contributed by atoms with Crippen molar-refractivity contribution in [1.82, 2.24) is 5.32 Å². The van der Waals surface area contributed by atoms with Gasteiger partial charge in [-0.1, -0.05) is 13.0 Å². The molecule has 0 aromatic carbocycles. The van der Waals surface area contributed by atoms with E-state index in [1.165, 1.54) is 0 Å². The van der Waals surface area contributed by atoms with Crippen LogP contribution in [0, 0.1) is 0 Å². The molecule has 1 N–H and O–H groups in total. The van der Waals surface area contributed by atoms with Gasteiger partial charge in [-0.25, -0.2) is 0 Å². The first-order chi connectivity index (χ1) is 5.43. The van der Waals surface area contributed by atoms with Crippen LogP contribution in [0.5, 0.6) is 0 Å². The Labute approximate surface area is 66.9 Å². The molecule has 0 atom stereocenters. The molecule has 11 heavy (non-hydrogen) atoms. The van der Waals surface area contributed by atoms with E-state index in [1.807, 2.05) is 18.3 Å². The van der Waals surface area contributed by atoms with Crippen LogP contribution in [0.3, 0.4) is 0 Å². The van der Waals surface area contributed by atoms with Gasteiger partial charge in [-0.2, -0.15) is 0 Å². The van der Waals surface area contributed by atoms with Crippen LogP contribution in [0.15, 0.2) is 35.1 Å². The molecule has 0 saturated heterocycles. The summed E-state index contributed by atoms with van der Waals surface area (Å²) in [5.74, 6) is 0.964. The van der Waals surface area contributed by atoms with E-state index in [0.29, 0.717) is 0 Å². The number of allylic oxidation sites excluding steroid dienone is 1. The standard InChI is InChI=1S/C9H13NO/c1-2-3-6-10-8-9-5-4-7-11-9/h3-7,10H,2,8H2,1H3. The maximum Gasteiger partial charge on any atom is 0.122 e. The molecule has 0 amide bonds. The molecule has 1 aromatic heterocycles. The molecular formula is C9H13NO. The van der Waals surface area contributed by atoms with Crippen LogP contribution in [0.2, 0.25) is 0 Å². The molecule has 0 unspecified atom stereocenters. The van der Waals surface area contributed by atoms with Crippen molar-refractivity contribution in [1.29, 1.82) is 0 Å². The lowest BCUT2D eigenvalue weighted by molar-refractivity contribution is 0.499. The minimum atomic E-state index is 0.767. The summed E-state index contributed by atoms with van der Waals surface area (Å²) in [7, 11) is 0. The molecule has 0 saturated carbocycles. The van der Waals surface area contributed by atoms with Crippen molar-refractivity contribution >= 4 is 0 Å². The highest BCUT2D eigenvalue weighted by molar-refractivity contribution is 4.98. The number of nitrogens with one attached hydrogen (secondary N) is 1. The van der Waals surface area contributed by atoms with Crippen LogP contribution in [0.4, 0.5) is 0 Å². The van der Waals surface area contributed by atoms with E-state index in [1.54, 1.807) is 6.26 Å². The van der Waals surface area contributed by atoms with Crippen molar-refractivity contribution in [2.75, 3.05) is 0 Å². The van der Waals surface area contributed by atoms with E-state index >= 15 is 0 Å². The SMILES string of the molecule is CCC=CNCc1ccco1. The fourth-order valence-electron chi connectivity index (χ4n) is 0.774. The minimum absolute atomic E-state index is 0.767.